The molecule has 10 unspecified atom stereocenters. The summed E-state index contributed by atoms with van der Waals surface area (Å²) in [7, 11) is -0.515. The number of carbonyl (C=O) groups is 8. The lowest BCUT2D eigenvalue weighted by Crippen LogP contribution is -2.62. The van der Waals surface area contributed by atoms with E-state index in [0.717, 1.165) is 61.4 Å². The maximum absolute atomic E-state index is 15.5. The number of nitrogens with one attached hydrogen (secondary N) is 5. The normalized spacial score (nSPS) is 23.5. The van der Waals surface area contributed by atoms with Gasteiger partial charge in [0.05, 0.1) is 48.8 Å². The van der Waals surface area contributed by atoms with Gasteiger partial charge in [0.2, 0.25) is 12.7 Å². The number of allylic oxidation sites excluding steroid dienone is 1. The van der Waals surface area contributed by atoms with Crippen molar-refractivity contribution in [2.75, 3.05) is 34.6 Å². The second kappa shape index (κ2) is 30.0. The summed E-state index contributed by atoms with van der Waals surface area (Å²) in [6, 6.07) is 0.179. The van der Waals surface area contributed by atoms with Gasteiger partial charge in [0.25, 0.3) is 29.5 Å². The monoisotopic (exact) mass is 1550 g/mol. The number of esters is 2. The van der Waals surface area contributed by atoms with Crippen LogP contribution in [-0.4, -0.2) is 195 Å². The van der Waals surface area contributed by atoms with E-state index in [9.17, 15) is 48.8 Å². The standard InChI is InChI=1S/C62H63N14O22PS5/c1-23(49(63)79)64-50(80)32-19-103-58(69-32)43-37(78)12-28-42(71-43)31-17-101-56(66-31)30-16-94-60(85)45-29-15-92-46(47(98-38-13-62(5,87)48(75(6)7)26(4)97-38)61(86)93-14-27-10-9-11-36(39(27)29)76(45)95-22-96-99(88,89)90)44(59-70-33(20-104-59)51(81)65-30)74-53(83)35-21-102-57(68-35)41(25(3)91-8)73-54(84)40(24(2)77)72-52(82)34-18-100-55(28)67-34/h9-12,17-21,24,26,30,38,40,44,46-48,77-78,87H,1,13-16,22H2,2-8H3,(H2,63,79)(H,64,80)(H,65,81)(H,72,82)(H,73,84)(H,74,83)(H2,88,89,90)/b41-25-. The van der Waals surface area contributed by atoms with Crippen LogP contribution in [0.5, 0.6) is 5.75 Å². The predicted molar refractivity (Wildman–Crippen MR) is 367 cm³/mol. The van der Waals surface area contributed by atoms with E-state index in [1.54, 1.807) is 38.9 Å². The number of aromatic hydroxyl groups is 1. The smallest absolute Gasteiger partial charge is 0.472 e. The molecule has 6 amide bonds. The Kier molecular flexibility index (Phi) is 21.4. The fourth-order valence-corrected chi connectivity index (χ4v) is 16.4. The Morgan fingerprint density at radius 1 is 0.875 bits per heavy atom. The molecule has 12 bridgehead atoms. The van der Waals surface area contributed by atoms with Crippen molar-refractivity contribution in [2.24, 2.45) is 5.73 Å². The zero-order valence-electron chi connectivity index (χ0n) is 55.5. The number of nitrogens with two attached hydrogens (primary N) is 1. The highest BCUT2D eigenvalue weighted by Crippen LogP contribution is 2.44. The quantitative estimate of drug-likeness (QED) is 0.0260. The molecule has 7 aromatic heterocycles. The van der Waals surface area contributed by atoms with E-state index >= 15 is 19.2 Å². The molecular weight excluding hydrogens is 1480 g/mol. The van der Waals surface area contributed by atoms with Gasteiger partial charge in [-0.05, 0) is 59.5 Å². The van der Waals surface area contributed by atoms with Crippen LogP contribution in [0.25, 0.3) is 49.3 Å². The lowest BCUT2D eigenvalue weighted by Gasteiger charge is -2.48. The van der Waals surface area contributed by atoms with Crippen molar-refractivity contribution in [3.8, 4) is 38.4 Å². The molecule has 548 valence electrons. The topological polar surface area (TPSA) is 500 Å². The van der Waals surface area contributed by atoms with Crippen LogP contribution in [-0.2, 0) is 65.1 Å². The summed E-state index contributed by atoms with van der Waals surface area (Å²) in [5, 5.41) is 54.8. The highest BCUT2D eigenvalue weighted by atomic mass is 32.1. The minimum absolute atomic E-state index is 0.00449. The molecular formula is C62H63N14O22PS5. The Morgan fingerprint density at radius 3 is 2.24 bits per heavy atom. The second-order valence-corrected chi connectivity index (χ2v) is 29.8. The molecule has 0 radical (unpaired) electrons. The number of thiazole rings is 5. The highest BCUT2D eigenvalue weighted by Gasteiger charge is 2.50. The molecule has 0 saturated carbocycles. The molecule has 0 aliphatic carbocycles. The van der Waals surface area contributed by atoms with Crippen LogP contribution in [0.4, 0.5) is 0 Å². The van der Waals surface area contributed by atoms with Crippen LogP contribution in [0.2, 0.25) is 0 Å². The molecule has 104 heavy (non-hydrogen) atoms. The fraction of sp³-hybridized carbons (Fsp3) is 0.355. The predicted octanol–water partition coefficient (Wildman–Crippen LogP) is 3.15. The molecule has 12 rings (SSSR count). The number of hydrogen-bond acceptors (Lipinski definition) is 32. The molecule has 4 aliphatic heterocycles. The Morgan fingerprint density at radius 2 is 1.54 bits per heavy atom. The van der Waals surface area contributed by atoms with E-state index in [2.05, 4.69) is 48.1 Å². The first-order valence-corrected chi connectivity index (χ1v) is 36.9. The van der Waals surface area contributed by atoms with E-state index in [1.807, 2.05) is 0 Å². The molecule has 42 heteroatoms. The van der Waals surface area contributed by atoms with Crippen molar-refractivity contribution < 1.29 is 106 Å². The number of aliphatic hydroxyl groups excluding tert-OH is 1. The number of aromatic nitrogens is 7. The molecule has 10 atom stereocenters. The third-order valence-corrected chi connectivity index (χ3v) is 21.6. The number of aliphatic hydroxyl groups is 2. The molecule has 36 nitrogen and oxygen atoms in total. The molecule has 4 aliphatic rings. The second-order valence-electron chi connectivity index (χ2n) is 24.2. The van der Waals surface area contributed by atoms with Gasteiger partial charge in [-0.1, -0.05) is 18.7 Å². The van der Waals surface area contributed by atoms with Gasteiger partial charge < -0.3 is 95.6 Å². The molecule has 11 heterocycles. The van der Waals surface area contributed by atoms with Crippen molar-refractivity contribution in [2.45, 2.75) is 108 Å². The molecule has 0 spiro atoms. The van der Waals surface area contributed by atoms with Crippen molar-refractivity contribution in [1.82, 2.24) is 66.1 Å². The Bertz CT molecular complexity index is 4860. The summed E-state index contributed by atoms with van der Waals surface area (Å²) < 4.78 is 55.6. The number of amides is 6. The maximum atomic E-state index is 15.5. The number of primary amides is 1. The number of phosphoric ester groups is 1. The zero-order valence-corrected chi connectivity index (χ0v) is 60.4. The van der Waals surface area contributed by atoms with Gasteiger partial charge in [0.15, 0.2) is 18.1 Å². The molecule has 1 saturated heterocycles. The number of nitrogens with zero attached hydrogens (tertiary/aromatic N) is 8. The summed E-state index contributed by atoms with van der Waals surface area (Å²) in [6.07, 6.45) is -7.94. The number of phosphoric acid groups is 1. The minimum Gasteiger partial charge on any atom is -0.506 e. The van der Waals surface area contributed by atoms with Gasteiger partial charge in [-0.25, -0.2) is 48.6 Å². The third kappa shape index (κ3) is 15.4. The van der Waals surface area contributed by atoms with E-state index in [0.29, 0.717) is 0 Å². The zero-order chi connectivity index (χ0) is 74.5. The van der Waals surface area contributed by atoms with Gasteiger partial charge in [0, 0.05) is 49.8 Å². The van der Waals surface area contributed by atoms with Gasteiger partial charge >= 0.3 is 19.8 Å². The van der Waals surface area contributed by atoms with Crippen LogP contribution < -0.4 is 37.2 Å². The molecule has 8 aromatic rings. The summed E-state index contributed by atoms with van der Waals surface area (Å²) in [5.74, 6) is -8.72. The Labute approximate surface area is 607 Å². The van der Waals surface area contributed by atoms with Crippen molar-refractivity contribution in [3.63, 3.8) is 0 Å². The number of pyridine rings is 1. The highest BCUT2D eigenvalue weighted by molar-refractivity contribution is 7.46. The lowest BCUT2D eigenvalue weighted by molar-refractivity contribution is -0.280. The number of ether oxygens (including phenoxy) is 6. The summed E-state index contributed by atoms with van der Waals surface area (Å²) in [6.45, 7) is 6.07. The number of rotatable bonds is 13. The number of methoxy groups -OCH3 is 1. The largest absolute Gasteiger partial charge is 0.506 e. The van der Waals surface area contributed by atoms with Crippen molar-refractivity contribution in [3.05, 3.63) is 124 Å². The van der Waals surface area contributed by atoms with E-state index in [4.69, 9.17) is 58.5 Å². The van der Waals surface area contributed by atoms with Gasteiger partial charge in [-0.3, -0.25) is 28.8 Å². The minimum atomic E-state index is -5.28. The molecule has 1 aromatic carbocycles. The summed E-state index contributed by atoms with van der Waals surface area (Å²) in [4.78, 5) is 170. The maximum Gasteiger partial charge on any atom is 0.472 e. The summed E-state index contributed by atoms with van der Waals surface area (Å²) >= 11 is 4.27. The van der Waals surface area contributed by atoms with Gasteiger partial charge in [0.1, 0.15) is 120 Å². The lowest BCUT2D eigenvalue weighted by atomic mass is 9.85. The number of likely N-dealkylation sites (N-methyl/N-ethyl adjacent to an activating group) is 1. The first-order valence-electron chi connectivity index (χ1n) is 31.0. The van der Waals surface area contributed by atoms with Crippen LogP contribution in [0.15, 0.2) is 69.2 Å². The average molecular weight is 1550 g/mol. The van der Waals surface area contributed by atoms with Gasteiger partial charge in [-0.15, -0.1) is 56.7 Å². The van der Waals surface area contributed by atoms with E-state index in [1.165, 1.54) is 66.1 Å². The Hall–Kier alpha value is -9.43. The van der Waals surface area contributed by atoms with Gasteiger partial charge in [-0.2, -0.15) is 4.73 Å². The van der Waals surface area contributed by atoms with Crippen molar-refractivity contribution >= 4 is 128 Å². The summed E-state index contributed by atoms with van der Waals surface area (Å²) in [5.41, 5.74) is 1.28. The van der Waals surface area contributed by atoms with E-state index < -0.39 is 159 Å². The van der Waals surface area contributed by atoms with Crippen LogP contribution in [0.1, 0.15) is 125 Å². The van der Waals surface area contributed by atoms with Crippen LogP contribution in [0, 0.1) is 0 Å². The number of carbonyl (C=O) groups excluding carboxylic acids is 8. The Balaban J connectivity index is 1.06. The van der Waals surface area contributed by atoms with Crippen molar-refractivity contribution in [1.29, 1.82) is 0 Å². The number of fused-ring (bicyclic) bond motifs is 15. The average Bonchev–Trinajstić information content (AvgIpc) is 1.60. The van der Waals surface area contributed by atoms with E-state index in [-0.39, 0.29) is 110 Å². The number of hydrogen-bond donors (Lipinski definition) is 11. The first kappa shape index (κ1) is 74.3. The number of cyclic esters (lactones) is 2. The third-order valence-electron chi connectivity index (χ3n) is 16.7. The number of benzene rings is 1. The van der Waals surface area contributed by atoms with Crippen LogP contribution >= 0.6 is 64.5 Å². The molecule has 1 fully saturated rings. The first-order chi connectivity index (χ1) is 49.4. The SMILES string of the molecule is C=C(NC(=O)c1csc(-c2nc3c(cc2O)-c2nc(cs2)C(=O)NC(C(C)O)C(=O)N/C(=C(/C)OC)c2nc(cs2)C(=O)NC2c4nc(cs4)C(=O)NC(COC(=O)c4c5c6c(cccc6n4OCOP(=O)(O)O)COC(=O)C(OC4CC(C)(O)C(N(C)C)C(C)O4)C2OC5)c2nc-3cs2)n1)C(N)=O. The molecule has 12 N–H and O–H groups in total. The fourth-order valence-electron chi connectivity index (χ4n) is 12.0. The van der Waals surface area contributed by atoms with Crippen LogP contribution in [0.3, 0.4) is 0 Å².